The van der Waals surface area contributed by atoms with Crippen LogP contribution in [-0.2, 0) is 6.54 Å². The van der Waals surface area contributed by atoms with Crippen LogP contribution >= 0.6 is 0 Å². The van der Waals surface area contributed by atoms with Crippen LogP contribution in [0.15, 0.2) is 42.7 Å². The summed E-state index contributed by atoms with van der Waals surface area (Å²) in [5.74, 6) is 1.62. The van der Waals surface area contributed by atoms with E-state index in [-0.39, 0.29) is 12.1 Å². The predicted octanol–water partition coefficient (Wildman–Crippen LogP) is 1.79. The third-order valence-corrected chi connectivity index (χ3v) is 3.82. The third-order valence-electron chi connectivity index (χ3n) is 3.82. The van der Waals surface area contributed by atoms with Crippen molar-refractivity contribution in [2.75, 3.05) is 13.7 Å². The van der Waals surface area contributed by atoms with E-state index in [0.717, 1.165) is 23.6 Å². The number of benzene rings is 1. The zero-order valence-electron chi connectivity index (χ0n) is 12.0. The van der Waals surface area contributed by atoms with Gasteiger partial charge in [-0.3, -0.25) is 4.90 Å². The Bertz CT molecular complexity index is 591. The van der Waals surface area contributed by atoms with E-state index in [1.165, 1.54) is 0 Å². The second-order valence-electron chi connectivity index (χ2n) is 5.28. The minimum atomic E-state index is -0.315. The van der Waals surface area contributed by atoms with E-state index in [1.54, 1.807) is 19.5 Å². The monoisotopic (exact) mass is 285 g/mol. The molecule has 1 saturated heterocycles. The molecule has 1 aliphatic heterocycles. The van der Waals surface area contributed by atoms with Gasteiger partial charge in [-0.15, -0.1) is 0 Å². The molecule has 5 heteroatoms. The van der Waals surface area contributed by atoms with Crippen LogP contribution in [-0.4, -0.2) is 39.7 Å². The number of aliphatic hydroxyl groups excluding tert-OH is 1. The highest BCUT2D eigenvalue weighted by Crippen LogP contribution is 2.34. The number of nitrogens with zero attached hydrogens (tertiary/aromatic N) is 3. The Morgan fingerprint density at radius 3 is 2.86 bits per heavy atom. The first-order chi connectivity index (χ1) is 10.3. The predicted molar refractivity (Wildman–Crippen MR) is 78.8 cm³/mol. The topological polar surface area (TPSA) is 58.5 Å². The highest BCUT2D eigenvalue weighted by molar-refractivity contribution is 5.31. The highest BCUT2D eigenvalue weighted by Gasteiger charge is 2.32. The van der Waals surface area contributed by atoms with Crippen LogP contribution in [0.4, 0.5) is 0 Å². The number of hydrogen-bond acceptors (Lipinski definition) is 5. The molecular weight excluding hydrogens is 266 g/mol. The molecule has 0 spiro atoms. The number of β-amino-alcohol motifs (C(OH)–C–C–N with tert-alkyl or cyclic N) is 1. The van der Waals surface area contributed by atoms with Gasteiger partial charge in [-0.05, 0) is 30.2 Å². The van der Waals surface area contributed by atoms with Gasteiger partial charge in [0.2, 0.25) is 0 Å². The minimum Gasteiger partial charge on any atom is -0.497 e. The Labute approximate surface area is 124 Å². The van der Waals surface area contributed by atoms with Crippen LogP contribution in [0.2, 0.25) is 0 Å². The van der Waals surface area contributed by atoms with Crippen molar-refractivity contribution >= 4 is 0 Å². The second-order valence-corrected chi connectivity index (χ2v) is 5.28. The number of likely N-dealkylation sites (tertiary alicyclic amines) is 1. The molecule has 2 aromatic rings. The molecule has 0 saturated carbocycles. The Morgan fingerprint density at radius 1 is 1.29 bits per heavy atom. The number of aromatic nitrogens is 2. The van der Waals surface area contributed by atoms with Gasteiger partial charge < -0.3 is 9.84 Å². The summed E-state index contributed by atoms with van der Waals surface area (Å²) in [5.41, 5.74) is 1.15. The fourth-order valence-electron chi connectivity index (χ4n) is 2.84. The third kappa shape index (κ3) is 3.20. The van der Waals surface area contributed by atoms with Gasteiger partial charge in [0.1, 0.15) is 11.6 Å². The summed E-state index contributed by atoms with van der Waals surface area (Å²) in [6.45, 7) is 1.28. The van der Waals surface area contributed by atoms with Crippen LogP contribution in [0.1, 0.15) is 23.9 Å². The van der Waals surface area contributed by atoms with E-state index >= 15 is 0 Å². The number of rotatable bonds is 4. The van der Waals surface area contributed by atoms with Crippen LogP contribution in [0.25, 0.3) is 0 Å². The van der Waals surface area contributed by atoms with E-state index in [0.29, 0.717) is 13.1 Å². The quantitative estimate of drug-likeness (QED) is 0.928. The summed E-state index contributed by atoms with van der Waals surface area (Å²) >= 11 is 0. The number of methoxy groups -OCH3 is 1. The summed E-state index contributed by atoms with van der Waals surface area (Å²) in [6, 6.07) is 9.99. The van der Waals surface area contributed by atoms with Gasteiger partial charge in [0.05, 0.1) is 19.8 Å². The van der Waals surface area contributed by atoms with Crippen molar-refractivity contribution in [3.8, 4) is 5.75 Å². The summed E-state index contributed by atoms with van der Waals surface area (Å²) in [7, 11) is 1.66. The SMILES string of the molecule is COc1cccc([C@@H]2C[C@@H](O)CN2Cc2ncccn2)c1. The molecule has 1 aliphatic rings. The van der Waals surface area contributed by atoms with Crippen LogP contribution in [0.5, 0.6) is 5.75 Å². The van der Waals surface area contributed by atoms with Gasteiger partial charge in [-0.25, -0.2) is 9.97 Å². The van der Waals surface area contributed by atoms with Crippen molar-refractivity contribution in [1.29, 1.82) is 0 Å². The first-order valence-electron chi connectivity index (χ1n) is 7.08. The van der Waals surface area contributed by atoms with E-state index < -0.39 is 0 Å². The maximum absolute atomic E-state index is 10.0. The number of aliphatic hydroxyl groups is 1. The highest BCUT2D eigenvalue weighted by atomic mass is 16.5. The molecule has 5 nitrogen and oxygen atoms in total. The lowest BCUT2D eigenvalue weighted by Gasteiger charge is -2.23. The Kier molecular flexibility index (Phi) is 4.13. The number of hydrogen-bond donors (Lipinski definition) is 1. The summed E-state index contributed by atoms with van der Waals surface area (Å²) in [4.78, 5) is 10.8. The maximum Gasteiger partial charge on any atom is 0.142 e. The van der Waals surface area contributed by atoms with Crippen molar-refractivity contribution in [3.63, 3.8) is 0 Å². The van der Waals surface area contributed by atoms with Gasteiger partial charge >= 0.3 is 0 Å². The molecule has 1 fully saturated rings. The molecule has 0 amide bonds. The molecule has 0 bridgehead atoms. The van der Waals surface area contributed by atoms with Gasteiger partial charge in [-0.1, -0.05) is 12.1 Å². The average Bonchev–Trinajstić information content (AvgIpc) is 2.89. The lowest BCUT2D eigenvalue weighted by Crippen LogP contribution is -2.25. The first-order valence-corrected chi connectivity index (χ1v) is 7.08. The molecular formula is C16H19N3O2. The lowest BCUT2D eigenvalue weighted by atomic mass is 10.0. The largest absolute Gasteiger partial charge is 0.497 e. The maximum atomic E-state index is 10.0. The molecule has 1 N–H and O–H groups in total. The van der Waals surface area contributed by atoms with Gasteiger partial charge in [0, 0.05) is 25.0 Å². The fourth-order valence-corrected chi connectivity index (χ4v) is 2.84. The molecule has 0 unspecified atom stereocenters. The molecule has 0 aliphatic carbocycles. The van der Waals surface area contributed by atoms with Crippen molar-refractivity contribution in [2.24, 2.45) is 0 Å². The van der Waals surface area contributed by atoms with E-state index in [2.05, 4.69) is 20.9 Å². The molecule has 0 radical (unpaired) electrons. The zero-order valence-corrected chi connectivity index (χ0v) is 12.0. The van der Waals surface area contributed by atoms with Crippen molar-refractivity contribution in [1.82, 2.24) is 14.9 Å². The summed E-state index contributed by atoms with van der Waals surface area (Å²) in [5, 5.41) is 10.0. The molecule has 2 heterocycles. The molecule has 1 aromatic carbocycles. The molecule has 110 valence electrons. The van der Waals surface area contributed by atoms with E-state index in [1.807, 2.05) is 24.3 Å². The fraction of sp³-hybridized carbons (Fsp3) is 0.375. The van der Waals surface area contributed by atoms with Crippen LogP contribution in [0.3, 0.4) is 0 Å². The second kappa shape index (κ2) is 6.20. The Morgan fingerprint density at radius 2 is 2.10 bits per heavy atom. The summed E-state index contributed by atoms with van der Waals surface area (Å²) < 4.78 is 5.29. The first kappa shape index (κ1) is 14.0. The minimum absolute atomic E-state index is 0.166. The summed E-state index contributed by atoms with van der Waals surface area (Å²) in [6.07, 6.45) is 3.90. The van der Waals surface area contributed by atoms with Crippen molar-refractivity contribution < 1.29 is 9.84 Å². The van der Waals surface area contributed by atoms with Crippen LogP contribution < -0.4 is 4.74 Å². The van der Waals surface area contributed by atoms with Crippen molar-refractivity contribution in [3.05, 3.63) is 54.1 Å². The van der Waals surface area contributed by atoms with E-state index in [4.69, 9.17) is 4.74 Å². The zero-order chi connectivity index (χ0) is 14.7. The molecule has 21 heavy (non-hydrogen) atoms. The standard InChI is InChI=1S/C16H19N3O2/c1-21-14-5-2-4-12(8-14)15-9-13(20)10-19(15)11-16-17-6-3-7-18-16/h2-8,13,15,20H,9-11H2,1H3/t13-,15+/m1/s1. The number of ether oxygens (including phenoxy) is 1. The Hall–Kier alpha value is -1.98. The lowest BCUT2D eigenvalue weighted by molar-refractivity contribution is 0.171. The van der Waals surface area contributed by atoms with Crippen LogP contribution in [0, 0.1) is 0 Å². The van der Waals surface area contributed by atoms with Gasteiger partial charge in [0.25, 0.3) is 0 Å². The molecule has 1 aromatic heterocycles. The normalized spacial score (nSPS) is 22.4. The smallest absolute Gasteiger partial charge is 0.142 e. The van der Waals surface area contributed by atoms with E-state index in [9.17, 15) is 5.11 Å². The van der Waals surface area contributed by atoms with Crippen molar-refractivity contribution in [2.45, 2.75) is 25.1 Å². The Balaban J connectivity index is 1.81. The van der Waals surface area contributed by atoms with Gasteiger partial charge in [0.15, 0.2) is 0 Å². The van der Waals surface area contributed by atoms with Gasteiger partial charge in [-0.2, -0.15) is 0 Å². The molecule has 3 rings (SSSR count). The average molecular weight is 285 g/mol. The molecule has 2 atom stereocenters.